The zero-order valence-electron chi connectivity index (χ0n) is 8.04. The third-order valence-corrected chi connectivity index (χ3v) is 3.77. The van der Waals surface area contributed by atoms with E-state index in [0.717, 1.165) is 12.5 Å². The number of halogens is 1. The molecule has 1 N–H and O–H groups in total. The highest BCUT2D eigenvalue weighted by molar-refractivity contribution is 7.90. The Hall–Kier alpha value is 0.160. The average molecular weight is 242 g/mol. The van der Waals surface area contributed by atoms with Crippen LogP contribution >= 0.6 is 11.6 Å². The molecule has 1 saturated carbocycles. The van der Waals surface area contributed by atoms with Crippen molar-refractivity contribution in [3.8, 4) is 0 Å². The van der Waals surface area contributed by atoms with Crippen LogP contribution in [0.15, 0.2) is 0 Å². The van der Waals surface area contributed by atoms with Crippen molar-refractivity contribution in [2.75, 3.05) is 25.0 Å². The Morgan fingerprint density at radius 3 is 2.71 bits per heavy atom. The van der Waals surface area contributed by atoms with Gasteiger partial charge in [0.25, 0.3) is 0 Å². The topological polar surface area (TPSA) is 55.4 Å². The lowest BCUT2D eigenvalue weighted by atomic mass is 10.4. The molecule has 1 rings (SSSR count). The van der Waals surface area contributed by atoms with Crippen LogP contribution in [0.2, 0.25) is 0 Å². The minimum Gasteiger partial charge on any atom is -0.381 e. The summed E-state index contributed by atoms with van der Waals surface area (Å²) < 4.78 is 29.4. The van der Waals surface area contributed by atoms with E-state index in [0.29, 0.717) is 19.6 Å². The molecule has 0 heterocycles. The van der Waals surface area contributed by atoms with Gasteiger partial charge in [-0.3, -0.25) is 0 Å². The van der Waals surface area contributed by atoms with Crippen molar-refractivity contribution in [1.82, 2.24) is 4.72 Å². The normalized spacial score (nSPS) is 17.2. The number of rotatable bonds is 8. The number of ether oxygens (including phenoxy) is 1. The highest BCUT2D eigenvalue weighted by Crippen LogP contribution is 2.28. The summed E-state index contributed by atoms with van der Waals surface area (Å²) in [6, 6.07) is 0. The summed E-state index contributed by atoms with van der Waals surface area (Å²) >= 11 is 5.20. The molecule has 1 fully saturated rings. The van der Waals surface area contributed by atoms with Gasteiger partial charge in [0, 0.05) is 19.8 Å². The minimum absolute atomic E-state index is 0.379. The molecule has 0 saturated heterocycles. The maximum absolute atomic E-state index is 10.9. The van der Waals surface area contributed by atoms with Gasteiger partial charge in [-0.05, 0) is 25.2 Å². The van der Waals surface area contributed by atoms with Gasteiger partial charge in [-0.2, -0.15) is 0 Å². The first-order valence-corrected chi connectivity index (χ1v) is 6.94. The van der Waals surface area contributed by atoms with Gasteiger partial charge >= 0.3 is 0 Å². The van der Waals surface area contributed by atoms with Crippen LogP contribution in [0, 0.1) is 5.92 Å². The van der Waals surface area contributed by atoms with Gasteiger partial charge in [0.2, 0.25) is 10.0 Å². The second kappa shape index (κ2) is 5.90. The molecule has 0 bridgehead atoms. The fraction of sp³-hybridized carbons (Fsp3) is 1.00. The summed E-state index contributed by atoms with van der Waals surface area (Å²) in [6.45, 7) is 1.84. The van der Waals surface area contributed by atoms with E-state index in [4.69, 9.17) is 16.3 Å². The minimum atomic E-state index is -3.25. The van der Waals surface area contributed by atoms with Gasteiger partial charge in [-0.25, -0.2) is 13.1 Å². The Kier molecular flexibility index (Phi) is 5.15. The van der Waals surface area contributed by atoms with Crippen LogP contribution in [0.25, 0.3) is 0 Å². The Morgan fingerprint density at radius 1 is 1.43 bits per heavy atom. The smallest absolute Gasteiger partial charge is 0.225 e. The molecule has 0 aliphatic heterocycles. The van der Waals surface area contributed by atoms with E-state index in [9.17, 15) is 8.42 Å². The number of nitrogens with one attached hydrogen (secondary N) is 1. The van der Waals surface area contributed by atoms with Crippen molar-refractivity contribution >= 4 is 21.6 Å². The van der Waals surface area contributed by atoms with E-state index in [-0.39, 0.29) is 5.21 Å². The zero-order chi connectivity index (χ0) is 10.4. The SMILES string of the molecule is O=S(=O)(CCl)NCCCOCC1CC1. The molecular weight excluding hydrogens is 226 g/mol. The fourth-order valence-electron chi connectivity index (χ4n) is 0.975. The summed E-state index contributed by atoms with van der Waals surface area (Å²) in [6.07, 6.45) is 3.25. The lowest BCUT2D eigenvalue weighted by Crippen LogP contribution is -2.26. The van der Waals surface area contributed by atoms with Crippen molar-refractivity contribution in [3.63, 3.8) is 0 Å². The molecule has 14 heavy (non-hydrogen) atoms. The van der Waals surface area contributed by atoms with Gasteiger partial charge in [-0.15, -0.1) is 11.6 Å². The van der Waals surface area contributed by atoms with Crippen LogP contribution in [0.5, 0.6) is 0 Å². The third-order valence-electron chi connectivity index (χ3n) is 1.98. The molecule has 4 nitrogen and oxygen atoms in total. The van der Waals surface area contributed by atoms with Crippen molar-refractivity contribution in [1.29, 1.82) is 0 Å². The first kappa shape index (κ1) is 12.2. The maximum Gasteiger partial charge on any atom is 0.225 e. The summed E-state index contributed by atoms with van der Waals surface area (Å²) in [5.74, 6) is 0.759. The van der Waals surface area contributed by atoms with E-state index in [2.05, 4.69) is 4.72 Å². The highest BCUT2D eigenvalue weighted by Gasteiger charge is 2.20. The molecule has 1 aliphatic carbocycles. The quantitative estimate of drug-likeness (QED) is 0.508. The maximum atomic E-state index is 10.9. The molecule has 0 spiro atoms. The molecule has 6 heteroatoms. The summed E-state index contributed by atoms with van der Waals surface area (Å²) in [4.78, 5) is 0. The van der Waals surface area contributed by atoms with E-state index in [1.807, 2.05) is 0 Å². The van der Waals surface area contributed by atoms with Crippen LogP contribution in [0.1, 0.15) is 19.3 Å². The van der Waals surface area contributed by atoms with E-state index in [1.54, 1.807) is 0 Å². The molecule has 0 aromatic heterocycles. The van der Waals surface area contributed by atoms with Crippen molar-refractivity contribution in [2.24, 2.45) is 5.92 Å². The van der Waals surface area contributed by atoms with Gasteiger partial charge in [0.15, 0.2) is 0 Å². The summed E-state index contributed by atoms with van der Waals surface area (Å²) in [5, 5.41) is -0.379. The Labute approximate surface area is 90.0 Å². The first-order valence-electron chi connectivity index (χ1n) is 4.75. The standard InChI is InChI=1S/C8H16ClNO3S/c9-7-14(11,12)10-4-1-5-13-6-8-2-3-8/h8,10H,1-7H2. The molecule has 0 aromatic rings. The summed E-state index contributed by atoms with van der Waals surface area (Å²) in [7, 11) is -3.25. The van der Waals surface area contributed by atoms with Crippen LogP contribution in [0.4, 0.5) is 0 Å². The van der Waals surface area contributed by atoms with E-state index in [1.165, 1.54) is 12.8 Å². The molecule has 0 unspecified atom stereocenters. The van der Waals surface area contributed by atoms with E-state index >= 15 is 0 Å². The third kappa shape index (κ3) is 5.80. The van der Waals surface area contributed by atoms with Crippen LogP contribution in [-0.2, 0) is 14.8 Å². The Balaban J connectivity index is 1.88. The molecule has 0 radical (unpaired) electrons. The zero-order valence-corrected chi connectivity index (χ0v) is 9.61. The number of hydrogen-bond donors (Lipinski definition) is 1. The molecule has 0 aromatic carbocycles. The first-order chi connectivity index (χ1) is 6.64. The van der Waals surface area contributed by atoms with Crippen molar-refractivity contribution < 1.29 is 13.2 Å². The molecule has 0 amide bonds. The Morgan fingerprint density at radius 2 is 2.14 bits per heavy atom. The van der Waals surface area contributed by atoms with E-state index < -0.39 is 10.0 Å². The average Bonchev–Trinajstić information content (AvgIpc) is 2.95. The predicted octanol–water partition coefficient (Wildman–Crippen LogP) is 0.919. The highest BCUT2D eigenvalue weighted by atomic mass is 35.5. The monoisotopic (exact) mass is 241 g/mol. The van der Waals surface area contributed by atoms with Crippen LogP contribution in [-0.4, -0.2) is 33.4 Å². The second-order valence-electron chi connectivity index (χ2n) is 3.49. The largest absolute Gasteiger partial charge is 0.381 e. The number of hydrogen-bond acceptors (Lipinski definition) is 3. The molecule has 84 valence electrons. The van der Waals surface area contributed by atoms with Crippen molar-refractivity contribution in [2.45, 2.75) is 19.3 Å². The molecule has 1 aliphatic rings. The second-order valence-corrected chi connectivity index (χ2v) is 5.88. The predicted molar refractivity (Wildman–Crippen MR) is 55.8 cm³/mol. The van der Waals surface area contributed by atoms with Gasteiger partial charge in [-0.1, -0.05) is 0 Å². The summed E-state index contributed by atoms with van der Waals surface area (Å²) in [5.41, 5.74) is 0. The van der Waals surface area contributed by atoms with Gasteiger partial charge in [0.1, 0.15) is 5.21 Å². The number of alkyl halides is 1. The van der Waals surface area contributed by atoms with Gasteiger partial charge in [0.05, 0.1) is 0 Å². The molecular formula is C8H16ClNO3S. The fourth-order valence-corrected chi connectivity index (χ4v) is 1.74. The van der Waals surface area contributed by atoms with Gasteiger partial charge < -0.3 is 4.74 Å². The molecule has 0 atom stereocenters. The Bertz CT molecular complexity index is 251. The van der Waals surface area contributed by atoms with Crippen LogP contribution < -0.4 is 4.72 Å². The van der Waals surface area contributed by atoms with Crippen molar-refractivity contribution in [3.05, 3.63) is 0 Å². The lowest BCUT2D eigenvalue weighted by molar-refractivity contribution is 0.123. The van der Waals surface area contributed by atoms with Crippen LogP contribution in [0.3, 0.4) is 0 Å². The lowest BCUT2D eigenvalue weighted by Gasteiger charge is -2.04. The number of sulfonamides is 1.